The van der Waals surface area contributed by atoms with Crippen molar-refractivity contribution in [2.75, 3.05) is 6.26 Å². The first-order chi connectivity index (χ1) is 6.36. The van der Waals surface area contributed by atoms with Crippen LogP contribution in [0.5, 0.6) is 0 Å². The quantitative estimate of drug-likeness (QED) is 0.732. The van der Waals surface area contributed by atoms with Crippen molar-refractivity contribution in [1.29, 1.82) is 0 Å². The van der Waals surface area contributed by atoms with Gasteiger partial charge in [0.15, 0.2) is 0 Å². The maximum Gasteiger partial charge on any atom is 0.0358 e. The minimum atomic E-state index is 1.07. The molecule has 0 spiro atoms. The molecule has 0 nitrogen and oxygen atoms in total. The lowest BCUT2D eigenvalue weighted by molar-refractivity contribution is 1.42. The minimum absolute atomic E-state index is 1.07. The summed E-state index contributed by atoms with van der Waals surface area (Å²) in [6.45, 7) is 2.09. The van der Waals surface area contributed by atoms with Crippen LogP contribution >= 0.6 is 23.5 Å². The molecular weight excluding hydrogens is 196 g/mol. The average Bonchev–Trinajstić information content (AvgIpc) is 2.21. The molecule has 0 unspecified atom stereocenters. The zero-order valence-corrected chi connectivity index (χ0v) is 9.62. The van der Waals surface area contributed by atoms with Crippen LogP contribution in [-0.4, -0.2) is 6.26 Å². The van der Waals surface area contributed by atoms with Crippen LogP contribution in [0.2, 0.25) is 0 Å². The summed E-state index contributed by atoms with van der Waals surface area (Å²) in [4.78, 5) is 0. The van der Waals surface area contributed by atoms with E-state index in [1.54, 1.807) is 0 Å². The highest BCUT2D eigenvalue weighted by Crippen LogP contribution is 2.28. The highest BCUT2D eigenvalue weighted by Gasteiger charge is 1.95. The highest BCUT2D eigenvalue weighted by molar-refractivity contribution is 8.21. The van der Waals surface area contributed by atoms with Crippen LogP contribution in [-0.2, 0) is 5.75 Å². The third-order valence-electron chi connectivity index (χ3n) is 1.66. The van der Waals surface area contributed by atoms with E-state index in [0.29, 0.717) is 0 Å². The van der Waals surface area contributed by atoms with Gasteiger partial charge < -0.3 is 0 Å². The first-order valence-corrected chi connectivity index (χ1v) is 6.45. The lowest BCUT2D eigenvalue weighted by atomic mass is 10.2. The molecule has 0 saturated heterocycles. The van der Waals surface area contributed by atoms with Crippen molar-refractivity contribution in [3.05, 3.63) is 46.2 Å². The molecule has 0 aromatic heterocycles. The van der Waals surface area contributed by atoms with E-state index >= 15 is 0 Å². The fourth-order valence-electron chi connectivity index (χ4n) is 0.989. The largest absolute Gasteiger partial charge is 0.123 e. The molecule has 0 aliphatic carbocycles. The fourth-order valence-corrected chi connectivity index (χ4v) is 2.54. The Hall–Kier alpha value is -0.340. The molecule has 2 heteroatoms. The van der Waals surface area contributed by atoms with Crippen molar-refractivity contribution in [2.24, 2.45) is 0 Å². The van der Waals surface area contributed by atoms with Crippen LogP contribution in [0.15, 0.2) is 40.6 Å². The maximum absolute atomic E-state index is 2.17. The Kier molecular flexibility index (Phi) is 5.09. The van der Waals surface area contributed by atoms with Gasteiger partial charge >= 0.3 is 0 Å². The Morgan fingerprint density at radius 1 is 1.31 bits per heavy atom. The summed E-state index contributed by atoms with van der Waals surface area (Å²) in [7, 11) is 0. The second kappa shape index (κ2) is 6.17. The third kappa shape index (κ3) is 3.92. The lowest BCUT2D eigenvalue weighted by Crippen LogP contribution is -1.78. The predicted octanol–water partition coefficient (Wildman–Crippen LogP) is 4.14. The molecule has 0 atom stereocenters. The van der Waals surface area contributed by atoms with E-state index in [1.165, 1.54) is 9.80 Å². The number of thioether (sulfide) groups is 2. The molecule has 0 fully saturated rings. The van der Waals surface area contributed by atoms with Crippen molar-refractivity contribution >= 4 is 23.5 Å². The predicted molar refractivity (Wildman–Crippen MR) is 65.0 cm³/mol. The first-order valence-electron chi connectivity index (χ1n) is 4.24. The van der Waals surface area contributed by atoms with Crippen molar-refractivity contribution in [2.45, 2.75) is 12.7 Å². The van der Waals surface area contributed by atoms with Gasteiger partial charge in [0.25, 0.3) is 0 Å². The number of allylic oxidation sites excluding steroid dienone is 1. The normalized spacial score (nSPS) is 11.7. The molecule has 0 radical (unpaired) electrons. The van der Waals surface area contributed by atoms with E-state index in [9.17, 15) is 0 Å². The first kappa shape index (κ1) is 10.7. The fraction of sp³-hybridized carbons (Fsp3) is 0.273. The zero-order valence-electron chi connectivity index (χ0n) is 7.99. The average molecular weight is 210 g/mol. The second-order valence-corrected chi connectivity index (χ2v) is 4.71. The smallest absolute Gasteiger partial charge is 0.0358 e. The Morgan fingerprint density at radius 2 is 2.00 bits per heavy atom. The summed E-state index contributed by atoms with van der Waals surface area (Å²) in [5.74, 6) is 1.07. The minimum Gasteiger partial charge on any atom is -0.123 e. The lowest BCUT2D eigenvalue weighted by Gasteiger charge is -2.02. The van der Waals surface area contributed by atoms with Crippen LogP contribution in [0.4, 0.5) is 0 Å². The van der Waals surface area contributed by atoms with E-state index in [2.05, 4.69) is 49.6 Å². The summed E-state index contributed by atoms with van der Waals surface area (Å²) in [6, 6.07) is 10.6. The van der Waals surface area contributed by atoms with Gasteiger partial charge in [-0.2, -0.15) is 0 Å². The molecule has 70 valence electrons. The number of rotatable bonds is 4. The zero-order chi connectivity index (χ0) is 9.52. The molecule has 0 bridgehead atoms. The molecule has 0 N–H and O–H groups in total. The summed E-state index contributed by atoms with van der Waals surface area (Å²) >= 11 is 3.71. The van der Waals surface area contributed by atoms with Crippen LogP contribution in [0, 0.1) is 0 Å². The molecular formula is C11H14S2. The van der Waals surface area contributed by atoms with Crippen LogP contribution < -0.4 is 0 Å². The van der Waals surface area contributed by atoms with Gasteiger partial charge in [-0.15, -0.1) is 23.5 Å². The van der Waals surface area contributed by atoms with E-state index in [0.717, 1.165) is 5.75 Å². The number of benzene rings is 1. The molecule has 0 aliphatic rings. The van der Waals surface area contributed by atoms with Crippen LogP contribution in [0.25, 0.3) is 0 Å². The van der Waals surface area contributed by atoms with Gasteiger partial charge in [0.2, 0.25) is 0 Å². The van der Waals surface area contributed by atoms with Gasteiger partial charge in [0.1, 0.15) is 0 Å². The molecule has 0 amide bonds. The topological polar surface area (TPSA) is 0 Å². The number of hydrogen-bond acceptors (Lipinski definition) is 2. The summed E-state index contributed by atoms with van der Waals surface area (Å²) in [5, 5.41) is 0. The van der Waals surface area contributed by atoms with Gasteiger partial charge in [-0.25, -0.2) is 0 Å². The van der Waals surface area contributed by atoms with E-state index in [4.69, 9.17) is 0 Å². The van der Waals surface area contributed by atoms with Crippen molar-refractivity contribution < 1.29 is 0 Å². The Labute approximate surface area is 88.8 Å². The monoisotopic (exact) mass is 210 g/mol. The van der Waals surface area contributed by atoms with E-state index < -0.39 is 0 Å². The van der Waals surface area contributed by atoms with Gasteiger partial charge in [0, 0.05) is 9.99 Å². The number of hydrogen-bond donors (Lipinski definition) is 0. The molecule has 13 heavy (non-hydrogen) atoms. The summed E-state index contributed by atoms with van der Waals surface area (Å²) in [5.41, 5.74) is 1.39. The van der Waals surface area contributed by atoms with E-state index in [1.807, 2.05) is 23.5 Å². The van der Waals surface area contributed by atoms with Gasteiger partial charge in [-0.05, 0) is 18.7 Å². The standard InChI is InChI=1S/C11H14S2/c1-3-11(12-2)13-9-10-7-5-4-6-8-10/h3-8H,9H2,1-2H3/b11-3+. The van der Waals surface area contributed by atoms with Crippen molar-refractivity contribution in [3.63, 3.8) is 0 Å². The summed E-state index contributed by atoms with van der Waals surface area (Å²) in [6.07, 6.45) is 4.28. The SMILES string of the molecule is C/C=C(\SC)SCc1ccccc1. The third-order valence-corrected chi connectivity index (χ3v) is 4.15. The molecule has 0 heterocycles. The van der Waals surface area contributed by atoms with Crippen molar-refractivity contribution in [3.8, 4) is 0 Å². The summed E-state index contributed by atoms with van der Waals surface area (Å²) < 4.78 is 1.39. The highest BCUT2D eigenvalue weighted by atomic mass is 32.2. The molecule has 1 aromatic carbocycles. The molecule has 1 aromatic rings. The molecule has 0 saturated carbocycles. The Morgan fingerprint density at radius 3 is 2.54 bits per heavy atom. The maximum atomic E-state index is 2.17. The second-order valence-electron chi connectivity index (χ2n) is 2.59. The van der Waals surface area contributed by atoms with Crippen molar-refractivity contribution in [1.82, 2.24) is 0 Å². The van der Waals surface area contributed by atoms with E-state index in [-0.39, 0.29) is 0 Å². The Bertz CT molecular complexity index is 265. The van der Waals surface area contributed by atoms with Gasteiger partial charge in [-0.3, -0.25) is 0 Å². The molecule has 1 rings (SSSR count). The Balaban J connectivity index is 2.43. The van der Waals surface area contributed by atoms with Gasteiger partial charge in [0.05, 0.1) is 0 Å². The van der Waals surface area contributed by atoms with Crippen LogP contribution in [0.1, 0.15) is 12.5 Å². The molecule has 0 aliphatic heterocycles. The van der Waals surface area contributed by atoms with Gasteiger partial charge in [-0.1, -0.05) is 36.4 Å². The van der Waals surface area contributed by atoms with Crippen LogP contribution in [0.3, 0.4) is 0 Å².